The maximum Gasteiger partial charge on any atom is 0.333 e. The van der Waals surface area contributed by atoms with Crippen molar-refractivity contribution in [3.05, 3.63) is 81.9 Å². The molecule has 0 spiro atoms. The summed E-state index contributed by atoms with van der Waals surface area (Å²) in [5.74, 6) is 0.407. The predicted octanol–water partition coefficient (Wildman–Crippen LogP) is 4.55. The van der Waals surface area contributed by atoms with Gasteiger partial charge in [0.2, 0.25) is 0 Å². The molecule has 1 saturated heterocycles. The number of imide groups is 1. The first-order chi connectivity index (χ1) is 13.8. The van der Waals surface area contributed by atoms with Crippen molar-refractivity contribution in [3.63, 3.8) is 0 Å². The van der Waals surface area contributed by atoms with Crippen LogP contribution in [0.5, 0.6) is 0 Å². The number of halogens is 1. The fourth-order valence-corrected chi connectivity index (χ4v) is 3.57. The van der Waals surface area contributed by atoms with Gasteiger partial charge in [0.05, 0.1) is 5.69 Å². The SMILES string of the molecule is Cc1ccnc(-n2c(C)cc(C=C3NC(=O)N(c4ccc(Cl)cc4)C3=O)c2C)c1. The van der Waals surface area contributed by atoms with Crippen molar-refractivity contribution in [3.8, 4) is 5.82 Å². The first kappa shape index (κ1) is 19.0. The highest BCUT2D eigenvalue weighted by atomic mass is 35.5. The second-order valence-corrected chi connectivity index (χ2v) is 7.39. The van der Waals surface area contributed by atoms with Gasteiger partial charge in [0.25, 0.3) is 5.91 Å². The highest BCUT2D eigenvalue weighted by Crippen LogP contribution is 2.26. The summed E-state index contributed by atoms with van der Waals surface area (Å²) in [4.78, 5) is 30.8. The summed E-state index contributed by atoms with van der Waals surface area (Å²) in [6, 6.07) is 12.0. The highest BCUT2D eigenvalue weighted by molar-refractivity contribution is 6.31. The molecule has 7 heteroatoms. The normalized spacial score (nSPS) is 15.3. The maximum absolute atomic E-state index is 12.8. The van der Waals surface area contributed by atoms with Crippen LogP contribution in [-0.2, 0) is 4.79 Å². The maximum atomic E-state index is 12.8. The summed E-state index contributed by atoms with van der Waals surface area (Å²) in [6.07, 6.45) is 3.47. The van der Waals surface area contributed by atoms with Crippen LogP contribution in [0, 0.1) is 20.8 Å². The van der Waals surface area contributed by atoms with Crippen LogP contribution >= 0.6 is 11.6 Å². The van der Waals surface area contributed by atoms with Gasteiger partial charge >= 0.3 is 6.03 Å². The van der Waals surface area contributed by atoms with E-state index in [-0.39, 0.29) is 5.70 Å². The van der Waals surface area contributed by atoms with E-state index in [1.54, 1.807) is 36.5 Å². The molecule has 1 N–H and O–H groups in total. The molecule has 3 heterocycles. The molecular weight excluding hydrogens is 388 g/mol. The Morgan fingerprint density at radius 3 is 2.45 bits per heavy atom. The number of aryl methyl sites for hydroxylation is 2. The molecule has 1 aliphatic heterocycles. The number of hydrogen-bond acceptors (Lipinski definition) is 3. The van der Waals surface area contributed by atoms with E-state index in [1.807, 2.05) is 43.5 Å². The summed E-state index contributed by atoms with van der Waals surface area (Å²) in [6.45, 7) is 5.95. The molecule has 0 radical (unpaired) electrons. The van der Waals surface area contributed by atoms with E-state index in [4.69, 9.17) is 11.6 Å². The van der Waals surface area contributed by atoms with Crippen molar-refractivity contribution < 1.29 is 9.59 Å². The van der Waals surface area contributed by atoms with E-state index in [1.165, 1.54) is 0 Å². The molecule has 3 aromatic rings. The van der Waals surface area contributed by atoms with Crippen LogP contribution in [0.3, 0.4) is 0 Å². The van der Waals surface area contributed by atoms with Crippen LogP contribution in [0.4, 0.5) is 10.5 Å². The molecule has 6 nitrogen and oxygen atoms in total. The van der Waals surface area contributed by atoms with Gasteiger partial charge < -0.3 is 9.88 Å². The van der Waals surface area contributed by atoms with E-state index in [0.717, 1.165) is 33.2 Å². The molecule has 1 aliphatic rings. The molecule has 1 aromatic carbocycles. The highest BCUT2D eigenvalue weighted by Gasteiger charge is 2.35. The fourth-order valence-electron chi connectivity index (χ4n) is 3.44. The quantitative estimate of drug-likeness (QED) is 0.512. The summed E-state index contributed by atoms with van der Waals surface area (Å²) < 4.78 is 2.03. The first-order valence-electron chi connectivity index (χ1n) is 9.10. The van der Waals surface area contributed by atoms with Gasteiger partial charge in [-0.3, -0.25) is 4.79 Å². The fraction of sp³-hybridized carbons (Fsp3) is 0.136. The smallest absolute Gasteiger partial charge is 0.303 e. The van der Waals surface area contributed by atoms with Crippen molar-refractivity contribution in [2.45, 2.75) is 20.8 Å². The van der Waals surface area contributed by atoms with Gasteiger partial charge in [-0.15, -0.1) is 0 Å². The average molecular weight is 407 g/mol. The van der Waals surface area contributed by atoms with E-state index in [0.29, 0.717) is 10.7 Å². The number of rotatable bonds is 3. The number of nitrogens with zero attached hydrogens (tertiary/aromatic N) is 3. The van der Waals surface area contributed by atoms with E-state index < -0.39 is 11.9 Å². The third kappa shape index (κ3) is 3.43. The van der Waals surface area contributed by atoms with Crippen molar-refractivity contribution in [2.75, 3.05) is 4.90 Å². The molecule has 0 saturated carbocycles. The molecule has 146 valence electrons. The van der Waals surface area contributed by atoms with Crippen LogP contribution < -0.4 is 10.2 Å². The minimum Gasteiger partial charge on any atom is -0.303 e. The number of pyridine rings is 1. The number of urea groups is 1. The standard InChI is InChI=1S/C22H19ClN4O2/c1-13-8-9-24-20(10-13)26-14(2)11-16(15(26)3)12-19-21(28)27(22(29)25-19)18-6-4-17(23)5-7-18/h4-12H,1-3H3,(H,25,29). The zero-order valence-corrected chi connectivity index (χ0v) is 17.0. The number of hydrogen-bond donors (Lipinski definition) is 1. The van der Waals surface area contributed by atoms with Crippen molar-refractivity contribution in [2.24, 2.45) is 0 Å². The van der Waals surface area contributed by atoms with Crippen LogP contribution in [-0.4, -0.2) is 21.5 Å². The summed E-state index contributed by atoms with van der Waals surface area (Å²) >= 11 is 5.90. The van der Waals surface area contributed by atoms with Crippen LogP contribution in [0.25, 0.3) is 11.9 Å². The van der Waals surface area contributed by atoms with Crippen molar-refractivity contribution in [1.29, 1.82) is 0 Å². The topological polar surface area (TPSA) is 67.2 Å². The van der Waals surface area contributed by atoms with Gasteiger partial charge in [0.15, 0.2) is 0 Å². The molecule has 4 rings (SSSR count). The molecule has 0 bridgehead atoms. The first-order valence-corrected chi connectivity index (χ1v) is 9.47. The molecular formula is C22H19ClN4O2. The van der Waals surface area contributed by atoms with Gasteiger partial charge in [0, 0.05) is 22.6 Å². The second-order valence-electron chi connectivity index (χ2n) is 6.96. The number of nitrogens with one attached hydrogen (secondary N) is 1. The lowest BCUT2D eigenvalue weighted by atomic mass is 10.2. The van der Waals surface area contributed by atoms with Gasteiger partial charge in [-0.25, -0.2) is 14.7 Å². The predicted molar refractivity (Wildman–Crippen MR) is 113 cm³/mol. The summed E-state index contributed by atoms with van der Waals surface area (Å²) in [5, 5.41) is 3.20. The third-order valence-electron chi connectivity index (χ3n) is 4.86. The summed E-state index contributed by atoms with van der Waals surface area (Å²) in [5.41, 5.74) is 4.56. The molecule has 0 unspecified atom stereocenters. The molecule has 0 atom stereocenters. The monoisotopic (exact) mass is 406 g/mol. The average Bonchev–Trinajstić information content (AvgIpc) is 3.11. The number of amides is 3. The van der Waals surface area contributed by atoms with Crippen molar-refractivity contribution in [1.82, 2.24) is 14.9 Å². The molecule has 29 heavy (non-hydrogen) atoms. The second kappa shape index (κ2) is 7.22. The number of aromatic nitrogens is 2. The Labute approximate surface area is 173 Å². The van der Waals surface area contributed by atoms with E-state index >= 15 is 0 Å². The molecule has 2 aromatic heterocycles. The number of anilines is 1. The minimum atomic E-state index is -0.488. The lowest BCUT2D eigenvalue weighted by molar-refractivity contribution is -0.113. The van der Waals surface area contributed by atoms with Crippen LogP contribution in [0.15, 0.2) is 54.4 Å². The minimum absolute atomic E-state index is 0.224. The Morgan fingerprint density at radius 1 is 1.03 bits per heavy atom. The third-order valence-corrected chi connectivity index (χ3v) is 5.12. The van der Waals surface area contributed by atoms with Gasteiger partial charge in [-0.1, -0.05) is 11.6 Å². The van der Waals surface area contributed by atoms with Crippen molar-refractivity contribution >= 4 is 35.3 Å². The Balaban J connectivity index is 1.70. The zero-order valence-electron chi connectivity index (χ0n) is 16.2. The lowest BCUT2D eigenvalue weighted by Crippen LogP contribution is -2.30. The van der Waals surface area contributed by atoms with E-state index in [9.17, 15) is 9.59 Å². The number of benzene rings is 1. The Morgan fingerprint density at radius 2 is 1.76 bits per heavy atom. The lowest BCUT2D eigenvalue weighted by Gasteiger charge is -2.11. The van der Waals surface area contributed by atoms with Gasteiger partial charge in [0.1, 0.15) is 11.5 Å². The Bertz CT molecular complexity index is 1160. The Hall–Kier alpha value is -3.38. The van der Waals surface area contributed by atoms with Crippen LogP contribution in [0.2, 0.25) is 5.02 Å². The van der Waals surface area contributed by atoms with Gasteiger partial charge in [-0.2, -0.15) is 0 Å². The van der Waals surface area contributed by atoms with Gasteiger partial charge in [-0.05, 0) is 80.4 Å². The Kier molecular flexibility index (Phi) is 4.72. The van der Waals surface area contributed by atoms with E-state index in [2.05, 4.69) is 10.3 Å². The largest absolute Gasteiger partial charge is 0.333 e. The molecule has 1 fully saturated rings. The number of carbonyl (C=O) groups excluding carboxylic acids is 2. The van der Waals surface area contributed by atoms with Crippen LogP contribution in [0.1, 0.15) is 22.5 Å². The molecule has 0 aliphatic carbocycles. The molecule has 3 amide bonds. The summed E-state index contributed by atoms with van der Waals surface area (Å²) in [7, 11) is 0. The zero-order chi connectivity index (χ0) is 20.7. The number of carbonyl (C=O) groups is 2.